The zero-order chi connectivity index (χ0) is 13.6. The smallest absolute Gasteiger partial charge is 0.217 e. The van der Waals surface area contributed by atoms with Crippen molar-refractivity contribution in [2.24, 2.45) is 5.92 Å². The standard InChI is InChI=1S/C13H28N2O2S/c1-4-8-14-11-12(3)18(16,17)15-9-6-13(5-2)7-10-15/h12-14H,4-11H2,1-3H3. The van der Waals surface area contributed by atoms with Crippen LogP contribution in [0.2, 0.25) is 0 Å². The van der Waals surface area contributed by atoms with Crippen LogP contribution in [-0.2, 0) is 10.0 Å². The average Bonchev–Trinajstić information content (AvgIpc) is 2.39. The number of piperidine rings is 1. The van der Waals surface area contributed by atoms with Gasteiger partial charge in [-0.25, -0.2) is 12.7 Å². The maximum atomic E-state index is 12.4. The number of nitrogens with one attached hydrogen (secondary N) is 1. The molecule has 4 nitrogen and oxygen atoms in total. The van der Waals surface area contributed by atoms with Crippen molar-refractivity contribution in [3.05, 3.63) is 0 Å². The van der Waals surface area contributed by atoms with Gasteiger partial charge in [0.2, 0.25) is 10.0 Å². The average molecular weight is 276 g/mol. The van der Waals surface area contributed by atoms with Crippen LogP contribution in [0.1, 0.15) is 46.5 Å². The number of rotatable bonds is 7. The largest absolute Gasteiger partial charge is 0.315 e. The van der Waals surface area contributed by atoms with E-state index in [2.05, 4.69) is 19.2 Å². The maximum absolute atomic E-state index is 12.4. The zero-order valence-electron chi connectivity index (χ0n) is 12.0. The van der Waals surface area contributed by atoms with E-state index in [0.717, 1.165) is 25.8 Å². The van der Waals surface area contributed by atoms with Gasteiger partial charge in [-0.15, -0.1) is 0 Å². The number of hydrogen-bond donors (Lipinski definition) is 1. The van der Waals surface area contributed by atoms with Crippen molar-refractivity contribution in [3.8, 4) is 0 Å². The molecule has 108 valence electrons. The molecule has 1 N–H and O–H groups in total. The molecule has 0 aliphatic carbocycles. The summed E-state index contributed by atoms with van der Waals surface area (Å²) >= 11 is 0. The topological polar surface area (TPSA) is 49.4 Å². The van der Waals surface area contributed by atoms with Gasteiger partial charge in [-0.1, -0.05) is 20.3 Å². The van der Waals surface area contributed by atoms with Gasteiger partial charge in [0.25, 0.3) is 0 Å². The molecule has 0 aromatic rings. The fourth-order valence-corrected chi connectivity index (χ4v) is 3.97. The van der Waals surface area contributed by atoms with E-state index in [9.17, 15) is 8.42 Å². The predicted molar refractivity (Wildman–Crippen MR) is 76.1 cm³/mol. The minimum atomic E-state index is -3.10. The van der Waals surface area contributed by atoms with E-state index in [1.165, 1.54) is 6.42 Å². The summed E-state index contributed by atoms with van der Waals surface area (Å²) in [6.07, 6.45) is 4.24. The second-order valence-electron chi connectivity index (χ2n) is 5.31. The highest BCUT2D eigenvalue weighted by Gasteiger charge is 2.31. The molecule has 1 aliphatic heterocycles. The summed E-state index contributed by atoms with van der Waals surface area (Å²) in [4.78, 5) is 0. The van der Waals surface area contributed by atoms with Crippen LogP contribution >= 0.6 is 0 Å². The Kier molecular flexibility index (Phi) is 6.60. The van der Waals surface area contributed by atoms with Crippen LogP contribution in [0.25, 0.3) is 0 Å². The molecular formula is C13H28N2O2S. The molecule has 0 aromatic heterocycles. The molecular weight excluding hydrogens is 248 g/mol. The van der Waals surface area contributed by atoms with Gasteiger partial charge in [-0.2, -0.15) is 0 Å². The van der Waals surface area contributed by atoms with Gasteiger partial charge < -0.3 is 5.32 Å². The van der Waals surface area contributed by atoms with Crippen LogP contribution in [0.3, 0.4) is 0 Å². The fraction of sp³-hybridized carbons (Fsp3) is 1.00. The third kappa shape index (κ3) is 4.21. The molecule has 1 fully saturated rings. The van der Waals surface area contributed by atoms with Crippen molar-refractivity contribution in [2.45, 2.75) is 51.7 Å². The van der Waals surface area contributed by atoms with Crippen LogP contribution < -0.4 is 5.32 Å². The number of hydrogen-bond acceptors (Lipinski definition) is 3. The van der Waals surface area contributed by atoms with Crippen molar-refractivity contribution in [1.82, 2.24) is 9.62 Å². The molecule has 0 aromatic carbocycles. The second-order valence-corrected chi connectivity index (χ2v) is 7.66. The second kappa shape index (κ2) is 7.46. The lowest BCUT2D eigenvalue weighted by molar-refractivity contribution is 0.267. The summed E-state index contributed by atoms with van der Waals surface area (Å²) in [7, 11) is -3.10. The third-order valence-corrected chi connectivity index (χ3v) is 6.15. The van der Waals surface area contributed by atoms with Crippen LogP contribution in [0, 0.1) is 5.92 Å². The van der Waals surface area contributed by atoms with Crippen LogP contribution in [-0.4, -0.2) is 44.2 Å². The highest BCUT2D eigenvalue weighted by atomic mass is 32.2. The first kappa shape index (κ1) is 15.9. The number of nitrogens with zero attached hydrogens (tertiary/aromatic N) is 1. The summed E-state index contributed by atoms with van der Waals surface area (Å²) in [5.41, 5.74) is 0. The van der Waals surface area contributed by atoms with Crippen molar-refractivity contribution in [3.63, 3.8) is 0 Å². The molecule has 0 bridgehead atoms. The van der Waals surface area contributed by atoms with Gasteiger partial charge in [0.05, 0.1) is 5.25 Å². The Morgan fingerprint density at radius 3 is 2.39 bits per heavy atom. The molecule has 0 radical (unpaired) electrons. The normalized spacial score (nSPS) is 21.1. The summed E-state index contributed by atoms with van der Waals surface area (Å²) in [6.45, 7) is 8.94. The van der Waals surface area contributed by atoms with E-state index in [-0.39, 0.29) is 5.25 Å². The van der Waals surface area contributed by atoms with E-state index in [0.29, 0.717) is 25.6 Å². The first-order valence-electron chi connectivity index (χ1n) is 7.22. The highest BCUT2D eigenvalue weighted by molar-refractivity contribution is 7.89. The molecule has 0 amide bonds. The summed E-state index contributed by atoms with van der Waals surface area (Å²) < 4.78 is 26.4. The molecule has 1 unspecified atom stereocenters. The zero-order valence-corrected chi connectivity index (χ0v) is 12.8. The Bertz CT molecular complexity index is 322. The molecule has 1 saturated heterocycles. The van der Waals surface area contributed by atoms with Crippen molar-refractivity contribution in [1.29, 1.82) is 0 Å². The molecule has 1 rings (SSSR count). The highest BCUT2D eigenvalue weighted by Crippen LogP contribution is 2.23. The van der Waals surface area contributed by atoms with Gasteiger partial charge >= 0.3 is 0 Å². The first-order valence-corrected chi connectivity index (χ1v) is 8.72. The fourth-order valence-electron chi connectivity index (χ4n) is 2.41. The van der Waals surface area contributed by atoms with E-state index in [1.807, 2.05) is 6.92 Å². The number of sulfonamides is 1. The van der Waals surface area contributed by atoms with E-state index in [1.54, 1.807) is 4.31 Å². The van der Waals surface area contributed by atoms with E-state index >= 15 is 0 Å². The van der Waals surface area contributed by atoms with E-state index in [4.69, 9.17) is 0 Å². The lowest BCUT2D eigenvalue weighted by Crippen LogP contribution is -2.45. The summed E-state index contributed by atoms with van der Waals surface area (Å²) in [6, 6.07) is 0. The van der Waals surface area contributed by atoms with Crippen molar-refractivity contribution in [2.75, 3.05) is 26.2 Å². The Morgan fingerprint density at radius 2 is 1.89 bits per heavy atom. The lowest BCUT2D eigenvalue weighted by Gasteiger charge is -2.32. The minimum Gasteiger partial charge on any atom is -0.315 e. The SMILES string of the molecule is CCCNCC(C)S(=O)(=O)N1CCC(CC)CC1. The maximum Gasteiger partial charge on any atom is 0.217 e. The van der Waals surface area contributed by atoms with Crippen LogP contribution in [0.15, 0.2) is 0 Å². The monoisotopic (exact) mass is 276 g/mol. The van der Waals surface area contributed by atoms with Gasteiger partial charge in [0.15, 0.2) is 0 Å². The van der Waals surface area contributed by atoms with Crippen molar-refractivity contribution < 1.29 is 8.42 Å². The van der Waals surface area contributed by atoms with Crippen molar-refractivity contribution >= 4 is 10.0 Å². The summed E-state index contributed by atoms with van der Waals surface area (Å²) in [5.74, 6) is 0.713. The van der Waals surface area contributed by atoms with Gasteiger partial charge in [0.1, 0.15) is 0 Å². The van der Waals surface area contributed by atoms with Gasteiger partial charge in [-0.05, 0) is 38.6 Å². The first-order chi connectivity index (χ1) is 8.52. The predicted octanol–water partition coefficient (Wildman–Crippen LogP) is 1.83. The lowest BCUT2D eigenvalue weighted by atomic mass is 9.96. The van der Waals surface area contributed by atoms with E-state index < -0.39 is 10.0 Å². The third-order valence-electron chi connectivity index (χ3n) is 3.88. The Balaban J connectivity index is 2.48. The van der Waals surface area contributed by atoms with Gasteiger partial charge in [0, 0.05) is 19.6 Å². The molecule has 0 spiro atoms. The molecule has 1 atom stereocenters. The van der Waals surface area contributed by atoms with Crippen LogP contribution in [0.4, 0.5) is 0 Å². The molecule has 1 heterocycles. The summed E-state index contributed by atoms with van der Waals surface area (Å²) in [5, 5.41) is 2.88. The molecule has 1 aliphatic rings. The Labute approximate surface area is 112 Å². The molecule has 5 heteroatoms. The molecule has 18 heavy (non-hydrogen) atoms. The minimum absolute atomic E-state index is 0.317. The quantitative estimate of drug-likeness (QED) is 0.722. The Hall–Kier alpha value is -0.130. The Morgan fingerprint density at radius 1 is 1.28 bits per heavy atom. The molecule has 0 saturated carbocycles. The van der Waals surface area contributed by atoms with Crippen LogP contribution in [0.5, 0.6) is 0 Å². The van der Waals surface area contributed by atoms with Gasteiger partial charge in [-0.3, -0.25) is 0 Å².